The van der Waals surface area contributed by atoms with E-state index in [1.807, 2.05) is 36.4 Å². The maximum Gasteiger partial charge on any atom is 0.276 e. The van der Waals surface area contributed by atoms with E-state index in [1.54, 1.807) is 34.5 Å². The molecule has 8 nitrogen and oxygen atoms in total. The summed E-state index contributed by atoms with van der Waals surface area (Å²) in [5.41, 5.74) is 3.98. The van der Waals surface area contributed by atoms with E-state index in [2.05, 4.69) is 25.3 Å². The molecule has 150 valence electrons. The molecule has 1 amide bonds. The number of amides is 1. The van der Waals surface area contributed by atoms with Crippen LogP contribution in [0.1, 0.15) is 39.0 Å². The molecule has 30 heavy (non-hydrogen) atoms. The molecule has 1 aromatic carbocycles. The molecule has 1 N–H and O–H groups in total. The van der Waals surface area contributed by atoms with E-state index >= 15 is 0 Å². The molecule has 4 heterocycles. The van der Waals surface area contributed by atoms with Crippen molar-refractivity contribution in [3.63, 3.8) is 0 Å². The van der Waals surface area contributed by atoms with Gasteiger partial charge in [0.15, 0.2) is 5.69 Å². The first-order chi connectivity index (χ1) is 14.7. The van der Waals surface area contributed by atoms with Crippen molar-refractivity contribution in [1.82, 2.24) is 34.8 Å². The topological polar surface area (TPSA) is 92.6 Å². The largest absolute Gasteiger partial charge is 0.348 e. The van der Waals surface area contributed by atoms with Crippen molar-refractivity contribution < 1.29 is 4.79 Å². The number of benzene rings is 1. The van der Waals surface area contributed by atoms with Gasteiger partial charge in [0.1, 0.15) is 6.04 Å². The lowest BCUT2D eigenvalue weighted by Crippen LogP contribution is -2.41. The minimum Gasteiger partial charge on any atom is -0.348 e. The lowest BCUT2D eigenvalue weighted by molar-refractivity contribution is 0.0684. The van der Waals surface area contributed by atoms with Crippen LogP contribution in [0.15, 0.2) is 61.3 Å². The summed E-state index contributed by atoms with van der Waals surface area (Å²) in [5.74, 6) is -0.192. The van der Waals surface area contributed by atoms with Crippen LogP contribution in [0, 0.1) is 0 Å². The number of carbonyl (C=O) groups is 1. The number of pyridine rings is 1. The Bertz CT molecular complexity index is 1190. The molecule has 0 spiro atoms. The first kappa shape index (κ1) is 18.5. The van der Waals surface area contributed by atoms with E-state index in [9.17, 15) is 4.79 Å². The number of H-pyrrole nitrogens is 1. The van der Waals surface area contributed by atoms with Gasteiger partial charge in [0.05, 0.1) is 24.8 Å². The molecule has 1 aliphatic rings. The fraction of sp³-hybridized carbons (Fsp3) is 0.190. The number of aromatic nitrogens is 6. The van der Waals surface area contributed by atoms with E-state index in [4.69, 9.17) is 11.6 Å². The van der Waals surface area contributed by atoms with E-state index in [-0.39, 0.29) is 17.6 Å². The van der Waals surface area contributed by atoms with Gasteiger partial charge < -0.3 is 9.88 Å². The minimum absolute atomic E-state index is 0.192. The monoisotopic (exact) mass is 419 g/mol. The van der Waals surface area contributed by atoms with Gasteiger partial charge in [-0.3, -0.25) is 9.78 Å². The van der Waals surface area contributed by atoms with Crippen LogP contribution >= 0.6 is 11.6 Å². The predicted octanol–water partition coefficient (Wildman–Crippen LogP) is 2.89. The Morgan fingerprint density at radius 1 is 1.23 bits per heavy atom. The molecule has 0 saturated carbocycles. The van der Waals surface area contributed by atoms with Gasteiger partial charge in [-0.05, 0) is 23.3 Å². The highest BCUT2D eigenvalue weighted by Gasteiger charge is 2.35. The molecule has 0 bridgehead atoms. The standard InChI is InChI=1S/C21H18ClN7O/c22-16-6-2-1-4-15(16)11-28-12-18(26-27-28)21(30)29-9-7-17-19(25-13-24-17)20(29)14-5-3-8-23-10-14/h1-6,8,10,12-13,20H,7,9,11H2,(H,24,25)/t20-/m0/s1. The molecule has 5 rings (SSSR count). The van der Waals surface area contributed by atoms with Crippen molar-refractivity contribution >= 4 is 17.5 Å². The molecule has 0 radical (unpaired) electrons. The van der Waals surface area contributed by atoms with E-state index in [1.165, 1.54) is 0 Å². The second-order valence-electron chi connectivity index (χ2n) is 7.10. The number of rotatable bonds is 4. The summed E-state index contributed by atoms with van der Waals surface area (Å²) in [6.45, 7) is 0.987. The number of hydrogen-bond acceptors (Lipinski definition) is 5. The van der Waals surface area contributed by atoms with Crippen molar-refractivity contribution in [2.75, 3.05) is 6.54 Å². The van der Waals surface area contributed by atoms with Crippen LogP contribution in [0.4, 0.5) is 0 Å². The van der Waals surface area contributed by atoms with Gasteiger partial charge in [0.25, 0.3) is 5.91 Å². The third-order valence-electron chi connectivity index (χ3n) is 5.23. The maximum atomic E-state index is 13.4. The molecule has 0 saturated heterocycles. The lowest BCUT2D eigenvalue weighted by atomic mass is 9.96. The van der Waals surface area contributed by atoms with E-state index < -0.39 is 0 Å². The van der Waals surface area contributed by atoms with Crippen LogP contribution in [0.2, 0.25) is 5.02 Å². The van der Waals surface area contributed by atoms with Crippen molar-refractivity contribution in [1.29, 1.82) is 0 Å². The molecule has 0 aliphatic carbocycles. The van der Waals surface area contributed by atoms with Gasteiger partial charge in [-0.1, -0.05) is 41.1 Å². The molecule has 0 unspecified atom stereocenters. The van der Waals surface area contributed by atoms with Gasteiger partial charge >= 0.3 is 0 Å². The Labute approximate surface area is 177 Å². The van der Waals surface area contributed by atoms with Crippen molar-refractivity contribution in [3.8, 4) is 0 Å². The second kappa shape index (κ2) is 7.72. The zero-order chi connectivity index (χ0) is 20.5. The Kier molecular flexibility index (Phi) is 4.76. The fourth-order valence-electron chi connectivity index (χ4n) is 3.79. The molecule has 9 heteroatoms. The van der Waals surface area contributed by atoms with Gasteiger partial charge in [0.2, 0.25) is 0 Å². The summed E-state index contributed by atoms with van der Waals surface area (Å²) in [7, 11) is 0. The number of carbonyl (C=O) groups excluding carboxylic acids is 1. The Balaban J connectivity index is 1.44. The SMILES string of the molecule is O=C(c1cn(Cc2ccccc2Cl)nn1)N1CCc2[nH]cnc2[C@@H]1c1cccnc1. The second-order valence-corrected chi connectivity index (χ2v) is 7.50. The number of fused-ring (bicyclic) bond motifs is 1. The van der Waals surface area contributed by atoms with E-state index in [0.717, 1.165) is 22.5 Å². The van der Waals surface area contributed by atoms with Crippen molar-refractivity contribution in [2.45, 2.75) is 19.0 Å². The third kappa shape index (κ3) is 3.35. The molecule has 1 aliphatic heterocycles. The Morgan fingerprint density at radius 3 is 2.97 bits per heavy atom. The highest BCUT2D eigenvalue weighted by atomic mass is 35.5. The van der Waals surface area contributed by atoms with Gasteiger partial charge in [-0.25, -0.2) is 9.67 Å². The van der Waals surface area contributed by atoms with E-state index in [0.29, 0.717) is 24.5 Å². The van der Waals surface area contributed by atoms with Gasteiger partial charge in [-0.15, -0.1) is 5.10 Å². The Hall–Kier alpha value is -3.52. The molecule has 3 aromatic heterocycles. The first-order valence-corrected chi connectivity index (χ1v) is 9.95. The normalized spacial score (nSPS) is 15.8. The van der Waals surface area contributed by atoms with Crippen LogP contribution in [0.5, 0.6) is 0 Å². The summed E-state index contributed by atoms with van der Waals surface area (Å²) in [6.07, 6.45) is 7.51. The van der Waals surface area contributed by atoms with Crippen LogP contribution in [0.25, 0.3) is 0 Å². The van der Waals surface area contributed by atoms with Gasteiger partial charge in [0, 0.05) is 36.1 Å². The van der Waals surface area contributed by atoms with Gasteiger partial charge in [-0.2, -0.15) is 0 Å². The number of nitrogens with zero attached hydrogens (tertiary/aromatic N) is 6. The number of imidazole rings is 1. The average molecular weight is 420 g/mol. The number of halogens is 1. The summed E-state index contributed by atoms with van der Waals surface area (Å²) >= 11 is 6.24. The van der Waals surface area contributed by atoms with Crippen LogP contribution in [-0.2, 0) is 13.0 Å². The fourth-order valence-corrected chi connectivity index (χ4v) is 3.99. The quantitative estimate of drug-likeness (QED) is 0.549. The summed E-state index contributed by atoms with van der Waals surface area (Å²) < 4.78 is 1.62. The maximum absolute atomic E-state index is 13.4. The Morgan fingerprint density at radius 2 is 2.13 bits per heavy atom. The molecular weight excluding hydrogens is 402 g/mol. The summed E-state index contributed by atoms with van der Waals surface area (Å²) in [5, 5.41) is 8.90. The van der Waals surface area contributed by atoms with Crippen LogP contribution < -0.4 is 0 Å². The van der Waals surface area contributed by atoms with Crippen molar-refractivity contribution in [3.05, 3.63) is 94.5 Å². The predicted molar refractivity (Wildman–Crippen MR) is 110 cm³/mol. The zero-order valence-corrected chi connectivity index (χ0v) is 16.7. The number of hydrogen-bond donors (Lipinski definition) is 1. The highest BCUT2D eigenvalue weighted by molar-refractivity contribution is 6.31. The number of aromatic amines is 1. The van der Waals surface area contributed by atoms with Crippen molar-refractivity contribution in [2.24, 2.45) is 0 Å². The third-order valence-corrected chi connectivity index (χ3v) is 5.60. The molecule has 1 atom stereocenters. The average Bonchev–Trinajstić information content (AvgIpc) is 3.44. The first-order valence-electron chi connectivity index (χ1n) is 9.57. The molecule has 4 aromatic rings. The smallest absolute Gasteiger partial charge is 0.276 e. The highest BCUT2D eigenvalue weighted by Crippen LogP contribution is 2.33. The molecule has 0 fully saturated rings. The lowest BCUT2D eigenvalue weighted by Gasteiger charge is -2.34. The summed E-state index contributed by atoms with van der Waals surface area (Å²) in [4.78, 5) is 27.0. The molecular formula is C21H18ClN7O. The number of nitrogens with one attached hydrogen (secondary N) is 1. The zero-order valence-electron chi connectivity index (χ0n) is 15.9. The van der Waals surface area contributed by atoms with Crippen LogP contribution in [0.3, 0.4) is 0 Å². The van der Waals surface area contributed by atoms with Crippen LogP contribution in [-0.4, -0.2) is 47.3 Å². The summed E-state index contributed by atoms with van der Waals surface area (Å²) in [6, 6.07) is 11.0. The minimum atomic E-state index is -0.324.